The van der Waals surface area contributed by atoms with Gasteiger partial charge in [-0.3, -0.25) is 9.89 Å². The Hall–Kier alpha value is -2.24. The van der Waals surface area contributed by atoms with Gasteiger partial charge in [0.2, 0.25) is 0 Å². The number of H-pyrrole nitrogens is 1. The largest absolute Gasteiger partial charge is 0.305 e. The molecule has 1 aromatic carbocycles. The zero-order valence-corrected chi connectivity index (χ0v) is 10.3. The van der Waals surface area contributed by atoms with Crippen molar-refractivity contribution >= 4 is 11.7 Å². The van der Waals surface area contributed by atoms with Crippen molar-refractivity contribution in [3.05, 3.63) is 47.2 Å². The summed E-state index contributed by atoms with van der Waals surface area (Å²) >= 11 is 0. The van der Waals surface area contributed by atoms with E-state index in [1.165, 1.54) is 0 Å². The molecule has 0 saturated heterocycles. The van der Waals surface area contributed by atoms with E-state index in [0.29, 0.717) is 11.9 Å². The minimum Gasteiger partial charge on any atom is -0.305 e. The maximum atomic E-state index is 13.4. The fourth-order valence-electron chi connectivity index (χ4n) is 1.68. The number of anilines is 1. The van der Waals surface area contributed by atoms with Crippen LogP contribution in [0.25, 0.3) is 0 Å². The number of amides is 1. The predicted octanol–water partition coefficient (Wildman–Crippen LogP) is 2.89. The van der Waals surface area contributed by atoms with Crippen molar-refractivity contribution in [3.8, 4) is 0 Å². The summed E-state index contributed by atoms with van der Waals surface area (Å²) in [7, 11) is 0. The number of hydrogen-bond acceptors (Lipinski definition) is 2. The summed E-state index contributed by atoms with van der Waals surface area (Å²) in [4.78, 5) is 11.8. The van der Waals surface area contributed by atoms with Crippen molar-refractivity contribution in [1.82, 2.24) is 10.2 Å². The molecule has 0 aliphatic heterocycles. The summed E-state index contributed by atoms with van der Waals surface area (Å²) in [6.07, 6.45) is 1.76. The van der Waals surface area contributed by atoms with Crippen LogP contribution in [0, 0.1) is 11.6 Å². The fourth-order valence-corrected chi connectivity index (χ4v) is 1.68. The molecule has 1 amide bonds. The monoisotopic (exact) mass is 265 g/mol. The molecule has 4 nitrogen and oxygen atoms in total. The van der Waals surface area contributed by atoms with E-state index in [-0.39, 0.29) is 5.56 Å². The van der Waals surface area contributed by atoms with E-state index in [1.807, 2.05) is 6.92 Å². The molecule has 0 aliphatic carbocycles. The van der Waals surface area contributed by atoms with Gasteiger partial charge in [0, 0.05) is 17.8 Å². The SMILES string of the molecule is CCCc1cc(NC(=O)c2ccc(F)cc2F)n[nH]1. The van der Waals surface area contributed by atoms with Gasteiger partial charge in [-0.15, -0.1) is 0 Å². The normalized spacial score (nSPS) is 10.5. The van der Waals surface area contributed by atoms with E-state index < -0.39 is 17.5 Å². The maximum absolute atomic E-state index is 13.4. The highest BCUT2D eigenvalue weighted by Crippen LogP contribution is 2.13. The standard InChI is InChI=1S/C13H13F2N3O/c1-2-3-9-7-12(18-17-9)16-13(19)10-5-4-8(14)6-11(10)15/h4-7H,2-3H2,1H3,(H2,16,17,18,19). The molecule has 0 aliphatic rings. The Morgan fingerprint density at radius 1 is 1.37 bits per heavy atom. The molecule has 0 radical (unpaired) electrons. The third kappa shape index (κ3) is 3.15. The zero-order valence-electron chi connectivity index (χ0n) is 10.3. The van der Waals surface area contributed by atoms with E-state index in [2.05, 4.69) is 15.5 Å². The highest BCUT2D eigenvalue weighted by Gasteiger charge is 2.13. The van der Waals surface area contributed by atoms with Crippen LogP contribution in [0.5, 0.6) is 0 Å². The highest BCUT2D eigenvalue weighted by molar-refractivity contribution is 6.03. The van der Waals surface area contributed by atoms with Gasteiger partial charge < -0.3 is 5.32 Å². The maximum Gasteiger partial charge on any atom is 0.259 e. The van der Waals surface area contributed by atoms with Crippen LogP contribution in [-0.2, 0) is 6.42 Å². The molecule has 0 saturated carbocycles. The number of aromatic amines is 1. The number of nitrogens with zero attached hydrogens (tertiary/aromatic N) is 1. The van der Waals surface area contributed by atoms with Crippen molar-refractivity contribution in [3.63, 3.8) is 0 Å². The first kappa shape index (κ1) is 13.2. The number of carbonyl (C=O) groups excluding carboxylic acids is 1. The van der Waals surface area contributed by atoms with Crippen LogP contribution in [0.1, 0.15) is 29.4 Å². The Bertz CT molecular complexity index is 595. The Balaban J connectivity index is 2.11. The van der Waals surface area contributed by atoms with E-state index in [0.717, 1.165) is 30.7 Å². The van der Waals surface area contributed by atoms with E-state index >= 15 is 0 Å². The molecule has 1 heterocycles. The van der Waals surface area contributed by atoms with Crippen LogP contribution >= 0.6 is 0 Å². The predicted molar refractivity (Wildman–Crippen MR) is 66.9 cm³/mol. The number of halogens is 2. The zero-order chi connectivity index (χ0) is 13.8. The van der Waals surface area contributed by atoms with Crippen molar-refractivity contribution in [2.45, 2.75) is 19.8 Å². The first-order valence-electron chi connectivity index (χ1n) is 5.91. The van der Waals surface area contributed by atoms with Crippen molar-refractivity contribution in [2.75, 3.05) is 5.32 Å². The number of benzene rings is 1. The van der Waals surface area contributed by atoms with Crippen molar-refractivity contribution in [2.24, 2.45) is 0 Å². The van der Waals surface area contributed by atoms with Crippen LogP contribution in [0.15, 0.2) is 24.3 Å². The van der Waals surface area contributed by atoms with Gasteiger partial charge in [-0.1, -0.05) is 13.3 Å². The topological polar surface area (TPSA) is 57.8 Å². The van der Waals surface area contributed by atoms with Crippen molar-refractivity contribution < 1.29 is 13.6 Å². The first-order valence-corrected chi connectivity index (χ1v) is 5.91. The molecular formula is C13H13F2N3O. The van der Waals surface area contributed by atoms with Crippen LogP contribution in [0.2, 0.25) is 0 Å². The van der Waals surface area contributed by atoms with Crippen molar-refractivity contribution in [1.29, 1.82) is 0 Å². The van der Waals surface area contributed by atoms with Gasteiger partial charge in [-0.05, 0) is 18.6 Å². The summed E-state index contributed by atoms with van der Waals surface area (Å²) in [6.45, 7) is 2.02. The summed E-state index contributed by atoms with van der Waals surface area (Å²) < 4.78 is 26.1. The minimum absolute atomic E-state index is 0.221. The summed E-state index contributed by atoms with van der Waals surface area (Å²) in [5, 5.41) is 9.12. The quantitative estimate of drug-likeness (QED) is 0.893. The fraction of sp³-hybridized carbons (Fsp3) is 0.231. The molecule has 1 aromatic heterocycles. The molecular weight excluding hydrogens is 252 g/mol. The average Bonchev–Trinajstić information content (AvgIpc) is 2.76. The molecule has 19 heavy (non-hydrogen) atoms. The summed E-state index contributed by atoms with van der Waals surface area (Å²) in [5.41, 5.74) is 0.666. The molecule has 0 bridgehead atoms. The smallest absolute Gasteiger partial charge is 0.259 e. The lowest BCUT2D eigenvalue weighted by Crippen LogP contribution is -2.14. The Morgan fingerprint density at radius 3 is 2.84 bits per heavy atom. The van der Waals surface area contributed by atoms with E-state index in [4.69, 9.17) is 0 Å². The molecule has 2 aromatic rings. The third-order valence-corrected chi connectivity index (χ3v) is 2.57. The van der Waals surface area contributed by atoms with Crippen LogP contribution < -0.4 is 5.32 Å². The lowest BCUT2D eigenvalue weighted by atomic mass is 10.2. The van der Waals surface area contributed by atoms with Gasteiger partial charge in [-0.25, -0.2) is 8.78 Å². The van der Waals surface area contributed by atoms with Crippen LogP contribution in [-0.4, -0.2) is 16.1 Å². The van der Waals surface area contributed by atoms with E-state index in [9.17, 15) is 13.6 Å². The number of aryl methyl sites for hydroxylation is 1. The molecule has 0 fully saturated rings. The lowest BCUT2D eigenvalue weighted by molar-refractivity contribution is 0.102. The molecule has 2 rings (SSSR count). The number of rotatable bonds is 4. The molecule has 0 atom stereocenters. The third-order valence-electron chi connectivity index (χ3n) is 2.57. The second-order valence-corrected chi connectivity index (χ2v) is 4.11. The van der Waals surface area contributed by atoms with Gasteiger partial charge in [0.25, 0.3) is 5.91 Å². The first-order chi connectivity index (χ1) is 9.10. The van der Waals surface area contributed by atoms with E-state index in [1.54, 1.807) is 6.07 Å². The second-order valence-electron chi connectivity index (χ2n) is 4.11. The number of carbonyl (C=O) groups is 1. The van der Waals surface area contributed by atoms with Gasteiger partial charge in [-0.2, -0.15) is 5.10 Å². The van der Waals surface area contributed by atoms with Gasteiger partial charge in [0.05, 0.1) is 5.56 Å². The molecule has 6 heteroatoms. The molecule has 100 valence electrons. The van der Waals surface area contributed by atoms with Crippen LogP contribution in [0.3, 0.4) is 0 Å². The van der Waals surface area contributed by atoms with Gasteiger partial charge in [0.1, 0.15) is 11.6 Å². The Morgan fingerprint density at radius 2 is 2.16 bits per heavy atom. The lowest BCUT2D eigenvalue weighted by Gasteiger charge is -2.02. The molecule has 2 N–H and O–H groups in total. The minimum atomic E-state index is -0.901. The van der Waals surface area contributed by atoms with Crippen LogP contribution in [0.4, 0.5) is 14.6 Å². The van der Waals surface area contributed by atoms with Gasteiger partial charge in [0.15, 0.2) is 5.82 Å². The second kappa shape index (κ2) is 5.60. The number of nitrogens with one attached hydrogen (secondary N) is 2. The Kier molecular flexibility index (Phi) is 3.89. The Labute approximate surface area is 108 Å². The molecule has 0 spiro atoms. The summed E-state index contributed by atoms with van der Waals surface area (Å²) in [6, 6.07) is 4.48. The average molecular weight is 265 g/mol. The number of aromatic nitrogens is 2. The molecule has 0 unspecified atom stereocenters. The highest BCUT2D eigenvalue weighted by atomic mass is 19.1. The number of hydrogen-bond donors (Lipinski definition) is 2. The summed E-state index contributed by atoms with van der Waals surface area (Å²) in [5.74, 6) is -1.97. The van der Waals surface area contributed by atoms with Gasteiger partial charge >= 0.3 is 0 Å².